The minimum atomic E-state index is -1.03. The third-order valence-corrected chi connectivity index (χ3v) is 6.01. The maximum absolute atomic E-state index is 10.3. The van der Waals surface area contributed by atoms with Gasteiger partial charge in [-0.1, -0.05) is 50.2 Å². The summed E-state index contributed by atoms with van der Waals surface area (Å²) >= 11 is 1.55. The Morgan fingerprint density at radius 3 is 2.75 bits per heavy atom. The molecule has 0 aromatic carbocycles. The first-order valence-electron chi connectivity index (χ1n) is 10.6. The van der Waals surface area contributed by atoms with Crippen molar-refractivity contribution in [2.75, 3.05) is 11.9 Å². The highest BCUT2D eigenvalue weighted by Gasteiger charge is 2.16. The fourth-order valence-electron chi connectivity index (χ4n) is 2.95. The predicted molar refractivity (Wildman–Crippen MR) is 135 cm³/mol. The van der Waals surface area contributed by atoms with E-state index < -0.39 is 5.60 Å². The fourth-order valence-corrected chi connectivity index (χ4v) is 3.85. The highest BCUT2D eigenvalue weighted by Crippen LogP contribution is 2.32. The van der Waals surface area contributed by atoms with Crippen molar-refractivity contribution in [1.82, 2.24) is 15.0 Å². The van der Waals surface area contributed by atoms with E-state index in [4.69, 9.17) is 9.97 Å². The molecular formula is C26H28N4OS. The maximum Gasteiger partial charge on any atom is 0.162 e. The fraction of sp³-hybridized carbons (Fsp3) is 0.269. The van der Waals surface area contributed by atoms with Gasteiger partial charge in [-0.25, -0.2) is 9.97 Å². The summed E-state index contributed by atoms with van der Waals surface area (Å²) in [5, 5.41) is 15.7. The van der Waals surface area contributed by atoms with Crippen molar-refractivity contribution in [2.45, 2.75) is 38.7 Å². The second-order valence-corrected chi connectivity index (χ2v) is 8.43. The van der Waals surface area contributed by atoms with Crippen LogP contribution in [0.5, 0.6) is 0 Å². The second-order valence-electron chi connectivity index (χ2n) is 7.55. The van der Waals surface area contributed by atoms with Gasteiger partial charge in [-0.15, -0.1) is 11.3 Å². The Kier molecular flexibility index (Phi) is 7.93. The van der Waals surface area contributed by atoms with Crippen LogP contribution in [0, 0.1) is 11.8 Å². The van der Waals surface area contributed by atoms with Gasteiger partial charge in [0.15, 0.2) is 5.82 Å². The van der Waals surface area contributed by atoms with Crippen LogP contribution in [0.3, 0.4) is 0 Å². The number of rotatable bonds is 9. The first-order valence-corrected chi connectivity index (χ1v) is 11.5. The molecule has 3 aromatic rings. The predicted octanol–water partition coefficient (Wildman–Crippen LogP) is 5.76. The van der Waals surface area contributed by atoms with Gasteiger partial charge in [0, 0.05) is 29.9 Å². The molecule has 6 heteroatoms. The summed E-state index contributed by atoms with van der Waals surface area (Å²) in [5.41, 5.74) is 2.60. The quantitative estimate of drug-likeness (QED) is 0.250. The van der Waals surface area contributed by atoms with Gasteiger partial charge in [0.1, 0.15) is 16.9 Å². The molecule has 0 saturated heterocycles. The SMILES string of the molecule is C=C/C=C(\C=C)CCCNc1nc(-c2ccncc2)nc2c(C#CC(C)(O)CC)csc12. The van der Waals surface area contributed by atoms with Gasteiger partial charge in [0.25, 0.3) is 0 Å². The van der Waals surface area contributed by atoms with Crippen molar-refractivity contribution in [3.8, 4) is 23.2 Å². The molecule has 32 heavy (non-hydrogen) atoms. The van der Waals surface area contributed by atoms with Gasteiger partial charge in [-0.05, 0) is 43.9 Å². The normalized spacial score (nSPS) is 13.2. The van der Waals surface area contributed by atoms with Crippen LogP contribution in [0.2, 0.25) is 0 Å². The molecule has 0 amide bonds. The van der Waals surface area contributed by atoms with E-state index in [1.807, 2.05) is 36.6 Å². The van der Waals surface area contributed by atoms with Gasteiger partial charge in [-0.2, -0.15) is 0 Å². The van der Waals surface area contributed by atoms with E-state index in [2.05, 4.69) is 35.3 Å². The largest absolute Gasteiger partial charge is 0.378 e. The lowest BCUT2D eigenvalue weighted by Gasteiger charge is -2.11. The van der Waals surface area contributed by atoms with Crippen LogP contribution < -0.4 is 5.32 Å². The Bertz CT molecular complexity index is 1180. The van der Waals surface area contributed by atoms with Crippen LogP contribution in [0.1, 0.15) is 38.7 Å². The summed E-state index contributed by atoms with van der Waals surface area (Å²) in [5.74, 6) is 7.49. The average molecular weight is 445 g/mol. The van der Waals surface area contributed by atoms with Crippen LogP contribution in [-0.4, -0.2) is 32.2 Å². The first-order chi connectivity index (χ1) is 15.5. The zero-order valence-electron chi connectivity index (χ0n) is 18.6. The Labute approximate surface area is 193 Å². The van der Waals surface area contributed by atoms with E-state index in [0.717, 1.165) is 52.1 Å². The van der Waals surface area contributed by atoms with Crippen LogP contribution in [0.25, 0.3) is 21.6 Å². The van der Waals surface area contributed by atoms with E-state index in [1.165, 1.54) is 0 Å². The molecule has 0 fully saturated rings. The zero-order valence-corrected chi connectivity index (χ0v) is 19.4. The number of aliphatic hydroxyl groups is 1. The summed E-state index contributed by atoms with van der Waals surface area (Å²) in [4.78, 5) is 13.7. The van der Waals surface area contributed by atoms with Crippen molar-refractivity contribution in [2.24, 2.45) is 0 Å². The van der Waals surface area contributed by atoms with Crippen molar-refractivity contribution in [3.05, 3.63) is 72.4 Å². The first kappa shape index (κ1) is 23.4. The molecule has 1 atom stereocenters. The third kappa shape index (κ3) is 5.91. The van der Waals surface area contributed by atoms with Gasteiger partial charge >= 0.3 is 0 Å². The van der Waals surface area contributed by atoms with Crippen molar-refractivity contribution in [3.63, 3.8) is 0 Å². The minimum absolute atomic E-state index is 0.555. The van der Waals surface area contributed by atoms with Gasteiger partial charge in [0.2, 0.25) is 0 Å². The minimum Gasteiger partial charge on any atom is -0.378 e. The van der Waals surface area contributed by atoms with Gasteiger partial charge in [-0.3, -0.25) is 4.98 Å². The summed E-state index contributed by atoms with van der Waals surface area (Å²) in [6.07, 6.45) is 11.5. The Balaban J connectivity index is 1.95. The highest BCUT2D eigenvalue weighted by atomic mass is 32.1. The molecule has 0 aliphatic heterocycles. The van der Waals surface area contributed by atoms with Crippen LogP contribution >= 0.6 is 11.3 Å². The number of hydrogen-bond donors (Lipinski definition) is 2. The number of allylic oxidation sites excluding steroid dienone is 4. The topological polar surface area (TPSA) is 70.9 Å². The van der Waals surface area contributed by atoms with E-state index in [1.54, 1.807) is 36.7 Å². The standard InChI is InChI=1S/C26H28N4OS/c1-5-9-19(6-2)10-8-15-28-25-23-22(21(18-32-23)11-14-26(4,31)7-3)29-24(30-25)20-12-16-27-17-13-20/h5-6,9,12-13,16-18,31H,1-2,7-8,10,15H2,3-4H3,(H,28,29,30)/b19-9+. The molecule has 0 radical (unpaired) electrons. The van der Waals surface area contributed by atoms with Crippen molar-refractivity contribution >= 4 is 27.4 Å². The molecule has 0 bridgehead atoms. The smallest absolute Gasteiger partial charge is 0.162 e. The Morgan fingerprint density at radius 2 is 2.06 bits per heavy atom. The summed E-state index contributed by atoms with van der Waals surface area (Å²) in [6.45, 7) is 12.0. The molecule has 0 saturated carbocycles. The van der Waals surface area contributed by atoms with E-state index >= 15 is 0 Å². The number of thiophene rings is 1. The molecule has 3 rings (SSSR count). The molecule has 1 unspecified atom stereocenters. The molecule has 3 aromatic heterocycles. The molecule has 5 nitrogen and oxygen atoms in total. The molecule has 0 aliphatic rings. The summed E-state index contributed by atoms with van der Waals surface area (Å²) in [7, 11) is 0. The van der Waals surface area contributed by atoms with E-state index in [0.29, 0.717) is 12.2 Å². The molecule has 3 heterocycles. The highest BCUT2D eigenvalue weighted by molar-refractivity contribution is 7.18. The Hall–Kier alpha value is -3.27. The monoisotopic (exact) mass is 444 g/mol. The number of nitrogens with one attached hydrogen (secondary N) is 1. The van der Waals surface area contributed by atoms with E-state index in [9.17, 15) is 5.11 Å². The number of anilines is 1. The van der Waals surface area contributed by atoms with Crippen molar-refractivity contribution in [1.29, 1.82) is 0 Å². The van der Waals surface area contributed by atoms with Crippen molar-refractivity contribution < 1.29 is 5.11 Å². The summed E-state index contributed by atoms with van der Waals surface area (Å²) < 4.78 is 0.953. The number of nitrogens with zero attached hydrogens (tertiary/aromatic N) is 3. The lowest BCUT2D eigenvalue weighted by Crippen LogP contribution is -2.19. The van der Waals surface area contributed by atoms with Crippen LogP contribution in [-0.2, 0) is 0 Å². The third-order valence-electron chi connectivity index (χ3n) is 5.04. The maximum atomic E-state index is 10.3. The molecule has 2 N–H and O–H groups in total. The van der Waals surface area contributed by atoms with Gasteiger partial charge in [0.05, 0.1) is 10.3 Å². The lowest BCUT2D eigenvalue weighted by molar-refractivity contribution is 0.118. The van der Waals surface area contributed by atoms with Gasteiger partial charge < -0.3 is 10.4 Å². The Morgan fingerprint density at radius 1 is 1.28 bits per heavy atom. The second kappa shape index (κ2) is 10.9. The average Bonchev–Trinajstić information content (AvgIpc) is 3.23. The molecule has 164 valence electrons. The number of fused-ring (bicyclic) bond motifs is 1. The number of hydrogen-bond acceptors (Lipinski definition) is 6. The number of pyridine rings is 1. The lowest BCUT2D eigenvalue weighted by atomic mass is 10.0. The zero-order chi connectivity index (χ0) is 23.0. The summed E-state index contributed by atoms with van der Waals surface area (Å²) in [6, 6.07) is 3.78. The van der Waals surface area contributed by atoms with Crippen LogP contribution in [0.15, 0.2) is 66.9 Å². The number of aromatic nitrogens is 3. The molecule has 0 spiro atoms. The van der Waals surface area contributed by atoms with E-state index in [-0.39, 0.29) is 0 Å². The molecular weight excluding hydrogens is 416 g/mol. The van der Waals surface area contributed by atoms with Crippen LogP contribution in [0.4, 0.5) is 5.82 Å². The molecule has 0 aliphatic carbocycles.